The number of amides is 1. The third-order valence-electron chi connectivity index (χ3n) is 2.99. The molecule has 1 heterocycles. The molecule has 16 heavy (non-hydrogen) atoms. The molecular weight excluding hydrogens is 204 g/mol. The topological polar surface area (TPSA) is 80.9 Å². The monoisotopic (exact) mass is 220 g/mol. The van der Waals surface area contributed by atoms with Gasteiger partial charge in [0.2, 0.25) is 5.91 Å². The van der Waals surface area contributed by atoms with Gasteiger partial charge in [-0.25, -0.2) is 0 Å². The van der Waals surface area contributed by atoms with Crippen molar-refractivity contribution in [2.75, 3.05) is 6.54 Å². The van der Waals surface area contributed by atoms with E-state index >= 15 is 0 Å². The summed E-state index contributed by atoms with van der Waals surface area (Å²) in [5, 5.41) is 2.85. The van der Waals surface area contributed by atoms with Crippen molar-refractivity contribution in [3.05, 3.63) is 23.8 Å². The summed E-state index contributed by atoms with van der Waals surface area (Å²) in [5.74, 6) is 0.0392. The molecule has 1 fully saturated rings. The van der Waals surface area contributed by atoms with Gasteiger partial charge in [0.1, 0.15) is 0 Å². The molecule has 0 bridgehead atoms. The van der Waals surface area contributed by atoms with Crippen molar-refractivity contribution in [1.29, 1.82) is 0 Å². The Hall–Kier alpha value is -1.49. The van der Waals surface area contributed by atoms with Crippen LogP contribution in [0.2, 0.25) is 0 Å². The van der Waals surface area contributed by atoms with Gasteiger partial charge in [0.15, 0.2) is 0 Å². The lowest BCUT2D eigenvalue weighted by Gasteiger charge is -2.12. The summed E-state index contributed by atoms with van der Waals surface area (Å²) < 4.78 is 0. The van der Waals surface area contributed by atoms with Crippen LogP contribution in [0.4, 0.5) is 0 Å². The van der Waals surface area contributed by atoms with Gasteiger partial charge in [0, 0.05) is 12.7 Å². The summed E-state index contributed by atoms with van der Waals surface area (Å²) in [6.45, 7) is 2.73. The van der Waals surface area contributed by atoms with Gasteiger partial charge in [0.05, 0.1) is 29.5 Å². The first kappa shape index (κ1) is 11.0. The van der Waals surface area contributed by atoms with E-state index in [1.807, 2.05) is 6.92 Å². The van der Waals surface area contributed by atoms with Crippen LogP contribution in [0, 0.1) is 12.3 Å². The highest BCUT2D eigenvalue weighted by molar-refractivity contribution is 5.85. The van der Waals surface area contributed by atoms with Gasteiger partial charge < -0.3 is 11.1 Å². The molecule has 0 radical (unpaired) electrons. The van der Waals surface area contributed by atoms with Crippen LogP contribution in [0.15, 0.2) is 12.4 Å². The van der Waals surface area contributed by atoms with Crippen LogP contribution in [-0.4, -0.2) is 22.4 Å². The Morgan fingerprint density at radius 2 is 2.25 bits per heavy atom. The Kier molecular flexibility index (Phi) is 2.87. The second-order valence-electron chi connectivity index (χ2n) is 4.32. The van der Waals surface area contributed by atoms with E-state index in [1.165, 1.54) is 0 Å². The second-order valence-corrected chi connectivity index (χ2v) is 4.32. The van der Waals surface area contributed by atoms with Crippen LogP contribution in [0.3, 0.4) is 0 Å². The number of hydrogen-bond donors (Lipinski definition) is 2. The largest absolute Gasteiger partial charge is 0.350 e. The van der Waals surface area contributed by atoms with Gasteiger partial charge in [-0.2, -0.15) is 0 Å². The molecule has 3 N–H and O–H groups in total. The molecule has 2 rings (SSSR count). The predicted molar refractivity (Wildman–Crippen MR) is 59.3 cm³/mol. The fourth-order valence-corrected chi connectivity index (χ4v) is 1.54. The minimum absolute atomic E-state index is 0.0392. The third kappa shape index (κ3) is 2.19. The molecule has 0 aliphatic heterocycles. The van der Waals surface area contributed by atoms with E-state index < -0.39 is 0 Å². The van der Waals surface area contributed by atoms with Crippen LogP contribution in [0.5, 0.6) is 0 Å². The molecule has 1 aliphatic rings. The number of carbonyl (C=O) groups excluding carboxylic acids is 1. The molecule has 0 unspecified atom stereocenters. The molecule has 0 atom stereocenters. The molecule has 1 aliphatic carbocycles. The lowest BCUT2D eigenvalue weighted by Crippen LogP contribution is -2.36. The average molecular weight is 220 g/mol. The molecule has 0 saturated heterocycles. The van der Waals surface area contributed by atoms with E-state index in [2.05, 4.69) is 15.3 Å². The van der Waals surface area contributed by atoms with Crippen LogP contribution < -0.4 is 11.1 Å². The number of rotatable bonds is 4. The fourth-order valence-electron chi connectivity index (χ4n) is 1.54. The molecular formula is C11H16N4O. The lowest BCUT2D eigenvalue weighted by molar-refractivity contribution is -0.126. The molecule has 1 aromatic heterocycles. The maximum Gasteiger partial charge on any atom is 0.227 e. The van der Waals surface area contributed by atoms with Crippen LogP contribution >= 0.6 is 0 Å². The zero-order valence-corrected chi connectivity index (χ0v) is 9.36. The zero-order chi connectivity index (χ0) is 11.6. The average Bonchev–Trinajstić information content (AvgIpc) is 3.09. The van der Waals surface area contributed by atoms with E-state index in [4.69, 9.17) is 5.73 Å². The first-order chi connectivity index (χ1) is 7.66. The molecule has 0 spiro atoms. The van der Waals surface area contributed by atoms with Gasteiger partial charge in [0.25, 0.3) is 0 Å². The SMILES string of the molecule is Cc1cnc(CNC(=O)C2(CN)CC2)cn1. The van der Waals surface area contributed by atoms with Crippen LogP contribution in [0.1, 0.15) is 24.2 Å². The normalized spacial score (nSPS) is 16.9. The summed E-state index contributed by atoms with van der Waals surface area (Å²) in [7, 11) is 0. The Labute approximate surface area is 94.5 Å². The van der Waals surface area contributed by atoms with Gasteiger partial charge >= 0.3 is 0 Å². The highest BCUT2D eigenvalue weighted by Crippen LogP contribution is 2.44. The highest BCUT2D eigenvalue weighted by atomic mass is 16.2. The number of carbonyl (C=O) groups is 1. The highest BCUT2D eigenvalue weighted by Gasteiger charge is 2.48. The Balaban J connectivity index is 1.88. The van der Waals surface area contributed by atoms with E-state index in [-0.39, 0.29) is 11.3 Å². The molecule has 5 nitrogen and oxygen atoms in total. The molecule has 5 heteroatoms. The summed E-state index contributed by atoms with van der Waals surface area (Å²) in [5.41, 5.74) is 6.92. The first-order valence-corrected chi connectivity index (χ1v) is 5.42. The van der Waals surface area contributed by atoms with Gasteiger partial charge in [-0.15, -0.1) is 0 Å². The van der Waals surface area contributed by atoms with Crippen molar-refractivity contribution >= 4 is 5.91 Å². The van der Waals surface area contributed by atoms with Gasteiger partial charge in [-0.3, -0.25) is 14.8 Å². The number of nitrogens with zero attached hydrogens (tertiary/aromatic N) is 2. The van der Waals surface area contributed by atoms with E-state index in [0.29, 0.717) is 13.1 Å². The Bertz CT molecular complexity index is 383. The van der Waals surface area contributed by atoms with Crippen molar-refractivity contribution in [2.24, 2.45) is 11.1 Å². The third-order valence-corrected chi connectivity index (χ3v) is 2.99. The minimum Gasteiger partial charge on any atom is -0.350 e. The standard InChI is InChI=1S/C11H16N4O/c1-8-4-14-9(5-13-8)6-15-10(16)11(7-12)2-3-11/h4-5H,2-3,6-7,12H2,1H3,(H,15,16). The van der Waals surface area contributed by atoms with Gasteiger partial charge in [-0.1, -0.05) is 0 Å². The molecule has 0 aromatic carbocycles. The number of nitrogens with one attached hydrogen (secondary N) is 1. The maximum atomic E-state index is 11.8. The van der Waals surface area contributed by atoms with E-state index in [9.17, 15) is 4.79 Å². The van der Waals surface area contributed by atoms with Crippen molar-refractivity contribution in [2.45, 2.75) is 26.3 Å². The van der Waals surface area contributed by atoms with Crippen molar-refractivity contribution in [3.8, 4) is 0 Å². The van der Waals surface area contributed by atoms with Crippen molar-refractivity contribution < 1.29 is 4.79 Å². The van der Waals surface area contributed by atoms with Crippen LogP contribution in [-0.2, 0) is 11.3 Å². The molecule has 1 aromatic rings. The van der Waals surface area contributed by atoms with Crippen LogP contribution in [0.25, 0.3) is 0 Å². The Morgan fingerprint density at radius 3 is 2.75 bits per heavy atom. The smallest absolute Gasteiger partial charge is 0.227 e. The molecule has 1 saturated carbocycles. The summed E-state index contributed by atoms with van der Waals surface area (Å²) in [6.07, 6.45) is 5.17. The zero-order valence-electron chi connectivity index (χ0n) is 9.36. The van der Waals surface area contributed by atoms with Crippen molar-refractivity contribution in [1.82, 2.24) is 15.3 Å². The van der Waals surface area contributed by atoms with Gasteiger partial charge in [-0.05, 0) is 19.8 Å². The van der Waals surface area contributed by atoms with Crippen molar-refractivity contribution in [3.63, 3.8) is 0 Å². The predicted octanol–water partition coefficient (Wildman–Crippen LogP) is 0.140. The number of nitrogens with two attached hydrogens (primary N) is 1. The fraction of sp³-hybridized carbons (Fsp3) is 0.545. The first-order valence-electron chi connectivity index (χ1n) is 5.42. The summed E-state index contributed by atoms with van der Waals surface area (Å²) in [6, 6.07) is 0. The number of hydrogen-bond acceptors (Lipinski definition) is 4. The summed E-state index contributed by atoms with van der Waals surface area (Å²) >= 11 is 0. The summed E-state index contributed by atoms with van der Waals surface area (Å²) in [4.78, 5) is 20.0. The Morgan fingerprint density at radius 1 is 1.50 bits per heavy atom. The van der Waals surface area contributed by atoms with E-state index in [1.54, 1.807) is 12.4 Å². The van der Waals surface area contributed by atoms with E-state index in [0.717, 1.165) is 24.2 Å². The molecule has 86 valence electrons. The number of aryl methyl sites for hydroxylation is 1. The quantitative estimate of drug-likeness (QED) is 0.756. The lowest BCUT2D eigenvalue weighted by atomic mass is 10.1. The minimum atomic E-state index is -0.294. The maximum absolute atomic E-state index is 11.8. The second kappa shape index (κ2) is 4.17. The molecule has 1 amide bonds. The number of aromatic nitrogens is 2.